The monoisotopic (exact) mass is 345 g/mol. The molecule has 4 heteroatoms. The molecule has 1 N–H and O–H groups in total. The molecule has 4 rings (SSSR count). The van der Waals surface area contributed by atoms with E-state index in [1.165, 1.54) is 17.5 Å². The largest absolute Gasteiger partial charge is 0.348 e. The molecule has 132 valence electrons. The summed E-state index contributed by atoms with van der Waals surface area (Å²) in [5.41, 5.74) is 7.56. The fourth-order valence-corrected chi connectivity index (χ4v) is 3.74. The average Bonchev–Trinajstić information content (AvgIpc) is 3.24. The number of carbonyl (C=O) groups is 1. The van der Waals surface area contributed by atoms with E-state index >= 15 is 0 Å². The van der Waals surface area contributed by atoms with Crippen LogP contribution in [0.25, 0.3) is 5.69 Å². The molecule has 0 unspecified atom stereocenters. The van der Waals surface area contributed by atoms with Crippen molar-refractivity contribution >= 4 is 5.91 Å². The molecule has 0 fully saturated rings. The van der Waals surface area contributed by atoms with Gasteiger partial charge >= 0.3 is 0 Å². The lowest BCUT2D eigenvalue weighted by Crippen LogP contribution is -2.23. The molecule has 1 aliphatic rings. The topological polar surface area (TPSA) is 46.9 Å². The van der Waals surface area contributed by atoms with Gasteiger partial charge in [-0.2, -0.15) is 5.10 Å². The maximum Gasteiger partial charge on any atom is 0.251 e. The van der Waals surface area contributed by atoms with Crippen LogP contribution in [0.15, 0.2) is 48.5 Å². The summed E-state index contributed by atoms with van der Waals surface area (Å²) in [5.74, 6) is -0.0223. The van der Waals surface area contributed by atoms with Crippen molar-refractivity contribution in [3.05, 3.63) is 82.2 Å². The molecule has 26 heavy (non-hydrogen) atoms. The van der Waals surface area contributed by atoms with Gasteiger partial charge in [0.1, 0.15) is 0 Å². The molecule has 0 saturated carbocycles. The average molecular weight is 345 g/mol. The molecule has 0 aliphatic heterocycles. The lowest BCUT2D eigenvalue weighted by molar-refractivity contribution is 0.0950. The van der Waals surface area contributed by atoms with E-state index in [1.54, 1.807) is 0 Å². The quantitative estimate of drug-likeness (QED) is 0.779. The number of hydrogen-bond acceptors (Lipinski definition) is 2. The normalized spacial score (nSPS) is 12.8. The SMILES string of the molecule is Cc1nn(-c2ccccc2)c(C)c1CNC(=O)c1ccc2c(c1)CCC2. The molecule has 2 aromatic carbocycles. The zero-order chi connectivity index (χ0) is 18.1. The van der Waals surface area contributed by atoms with E-state index in [2.05, 4.69) is 16.5 Å². The Labute approximate surface area is 153 Å². The smallest absolute Gasteiger partial charge is 0.251 e. The van der Waals surface area contributed by atoms with Crippen LogP contribution in [0, 0.1) is 13.8 Å². The number of nitrogens with zero attached hydrogens (tertiary/aromatic N) is 2. The zero-order valence-electron chi connectivity index (χ0n) is 15.2. The van der Waals surface area contributed by atoms with Crippen LogP contribution in [-0.4, -0.2) is 15.7 Å². The number of benzene rings is 2. The van der Waals surface area contributed by atoms with Gasteiger partial charge in [-0.15, -0.1) is 0 Å². The predicted octanol–water partition coefficient (Wildman–Crippen LogP) is 3.91. The van der Waals surface area contributed by atoms with Crippen molar-refractivity contribution in [3.63, 3.8) is 0 Å². The summed E-state index contributed by atoms with van der Waals surface area (Å²) >= 11 is 0. The molecular formula is C22H23N3O. The van der Waals surface area contributed by atoms with Gasteiger partial charge in [0.2, 0.25) is 0 Å². The number of para-hydroxylation sites is 1. The number of hydrogen-bond donors (Lipinski definition) is 1. The fourth-order valence-electron chi connectivity index (χ4n) is 3.74. The second kappa shape index (κ2) is 6.79. The standard InChI is InChI=1S/C22H23N3O/c1-15-21(16(2)25(24-15)20-9-4-3-5-10-20)14-23-22(26)19-12-11-17-7-6-8-18(17)13-19/h3-5,9-13H,6-8,14H2,1-2H3,(H,23,26). The molecule has 3 aromatic rings. The highest BCUT2D eigenvalue weighted by Crippen LogP contribution is 2.23. The van der Waals surface area contributed by atoms with Gasteiger partial charge in [-0.25, -0.2) is 4.68 Å². The van der Waals surface area contributed by atoms with Crippen LogP contribution in [0.4, 0.5) is 0 Å². The number of aromatic nitrogens is 2. The van der Waals surface area contributed by atoms with E-state index in [0.29, 0.717) is 6.54 Å². The van der Waals surface area contributed by atoms with Gasteiger partial charge in [-0.1, -0.05) is 24.3 Å². The first kappa shape index (κ1) is 16.6. The van der Waals surface area contributed by atoms with Gasteiger partial charge in [0.05, 0.1) is 11.4 Å². The Morgan fingerprint density at radius 1 is 1.08 bits per heavy atom. The Hall–Kier alpha value is -2.88. The molecule has 1 aromatic heterocycles. The van der Waals surface area contributed by atoms with Crippen LogP contribution in [0.3, 0.4) is 0 Å². The second-order valence-corrected chi connectivity index (χ2v) is 6.92. The first-order valence-corrected chi connectivity index (χ1v) is 9.14. The van der Waals surface area contributed by atoms with Crippen LogP contribution < -0.4 is 5.32 Å². The van der Waals surface area contributed by atoms with E-state index in [0.717, 1.165) is 41.0 Å². The Balaban J connectivity index is 1.51. The molecule has 1 aliphatic carbocycles. The van der Waals surface area contributed by atoms with Crippen LogP contribution >= 0.6 is 0 Å². The predicted molar refractivity (Wildman–Crippen MR) is 103 cm³/mol. The van der Waals surface area contributed by atoms with Crippen molar-refractivity contribution in [2.24, 2.45) is 0 Å². The molecule has 1 amide bonds. The third-order valence-corrected chi connectivity index (χ3v) is 5.23. The molecule has 0 atom stereocenters. The summed E-state index contributed by atoms with van der Waals surface area (Å²) in [5, 5.41) is 7.70. The number of amides is 1. The van der Waals surface area contributed by atoms with Gasteiger partial charge in [-0.3, -0.25) is 4.79 Å². The number of carbonyl (C=O) groups excluding carboxylic acids is 1. The summed E-state index contributed by atoms with van der Waals surface area (Å²) in [6, 6.07) is 16.1. The van der Waals surface area contributed by atoms with Crippen LogP contribution in [0.2, 0.25) is 0 Å². The van der Waals surface area contributed by atoms with Crippen LogP contribution in [0.1, 0.15) is 44.9 Å². The molecule has 0 spiro atoms. The summed E-state index contributed by atoms with van der Waals surface area (Å²) in [6.07, 6.45) is 3.41. The highest BCUT2D eigenvalue weighted by Gasteiger charge is 2.16. The molecule has 1 heterocycles. The highest BCUT2D eigenvalue weighted by molar-refractivity contribution is 5.94. The third kappa shape index (κ3) is 3.03. The molecular weight excluding hydrogens is 322 g/mol. The van der Waals surface area contributed by atoms with Gasteiger partial charge in [-0.05, 0) is 68.5 Å². The van der Waals surface area contributed by atoms with Crippen LogP contribution in [0.5, 0.6) is 0 Å². The van der Waals surface area contributed by atoms with Gasteiger partial charge in [0, 0.05) is 23.4 Å². The van der Waals surface area contributed by atoms with Gasteiger partial charge in [0.25, 0.3) is 5.91 Å². The van der Waals surface area contributed by atoms with Crippen molar-refractivity contribution < 1.29 is 4.79 Å². The summed E-state index contributed by atoms with van der Waals surface area (Å²) in [6.45, 7) is 4.52. The Morgan fingerprint density at radius 2 is 1.85 bits per heavy atom. The van der Waals surface area contributed by atoms with Gasteiger partial charge < -0.3 is 5.32 Å². The number of fused-ring (bicyclic) bond motifs is 1. The lowest BCUT2D eigenvalue weighted by atomic mass is 10.1. The molecule has 4 nitrogen and oxygen atoms in total. The van der Waals surface area contributed by atoms with Crippen molar-refractivity contribution in [2.45, 2.75) is 39.7 Å². The van der Waals surface area contributed by atoms with Crippen molar-refractivity contribution in [1.29, 1.82) is 0 Å². The minimum atomic E-state index is -0.0223. The maximum atomic E-state index is 12.6. The first-order chi connectivity index (χ1) is 12.6. The van der Waals surface area contributed by atoms with Crippen molar-refractivity contribution in [2.75, 3.05) is 0 Å². The van der Waals surface area contributed by atoms with Gasteiger partial charge in [0.15, 0.2) is 0 Å². The van der Waals surface area contributed by atoms with Crippen LogP contribution in [-0.2, 0) is 19.4 Å². The number of rotatable bonds is 4. The molecule has 0 bridgehead atoms. The zero-order valence-corrected chi connectivity index (χ0v) is 15.2. The molecule has 0 saturated heterocycles. The highest BCUT2D eigenvalue weighted by atomic mass is 16.1. The third-order valence-electron chi connectivity index (χ3n) is 5.23. The lowest BCUT2D eigenvalue weighted by Gasteiger charge is -2.08. The van der Waals surface area contributed by atoms with E-state index in [1.807, 2.05) is 61.0 Å². The van der Waals surface area contributed by atoms with Crippen molar-refractivity contribution in [1.82, 2.24) is 15.1 Å². The molecule has 0 radical (unpaired) electrons. The fraction of sp³-hybridized carbons (Fsp3) is 0.273. The second-order valence-electron chi connectivity index (χ2n) is 6.92. The Bertz CT molecular complexity index is 957. The van der Waals surface area contributed by atoms with Crippen molar-refractivity contribution in [3.8, 4) is 5.69 Å². The van der Waals surface area contributed by atoms with E-state index < -0.39 is 0 Å². The summed E-state index contributed by atoms with van der Waals surface area (Å²) in [7, 11) is 0. The Morgan fingerprint density at radius 3 is 2.65 bits per heavy atom. The first-order valence-electron chi connectivity index (χ1n) is 9.14. The number of aryl methyl sites for hydroxylation is 3. The number of nitrogens with one attached hydrogen (secondary N) is 1. The maximum absolute atomic E-state index is 12.6. The summed E-state index contributed by atoms with van der Waals surface area (Å²) < 4.78 is 1.94. The minimum Gasteiger partial charge on any atom is -0.348 e. The van der Waals surface area contributed by atoms with E-state index in [4.69, 9.17) is 0 Å². The van der Waals surface area contributed by atoms with E-state index in [-0.39, 0.29) is 5.91 Å². The Kier molecular flexibility index (Phi) is 4.33. The summed E-state index contributed by atoms with van der Waals surface area (Å²) in [4.78, 5) is 12.6. The van der Waals surface area contributed by atoms with E-state index in [9.17, 15) is 4.79 Å². The minimum absolute atomic E-state index is 0.0223.